The van der Waals surface area contributed by atoms with Crippen molar-refractivity contribution in [1.82, 2.24) is 0 Å². The first-order valence-electron chi connectivity index (χ1n) is 3.16. The van der Waals surface area contributed by atoms with Crippen LogP contribution in [0.5, 0.6) is 0 Å². The van der Waals surface area contributed by atoms with Crippen molar-refractivity contribution in [3.8, 4) is 0 Å². The second-order valence-electron chi connectivity index (χ2n) is 2.86. The maximum Gasteiger partial charge on any atom is 0.519 e. The summed E-state index contributed by atoms with van der Waals surface area (Å²) in [5, 5.41) is 0. The van der Waals surface area contributed by atoms with Crippen LogP contribution in [0.4, 0.5) is 4.79 Å². The molecule has 6 heteroatoms. The number of ether oxygens (including phenoxy) is 1. The maximum atomic E-state index is 11.0. The molecular formula is C6H11INO4+. The molecular weight excluding hydrogens is 277 g/mol. The lowest BCUT2D eigenvalue weighted by Crippen LogP contribution is -3.34. The molecule has 0 spiro atoms. The van der Waals surface area contributed by atoms with Crippen LogP contribution in [-0.4, -0.2) is 18.7 Å². The summed E-state index contributed by atoms with van der Waals surface area (Å²) in [5.41, 5.74) is 3.89. The Labute approximate surface area is 84.3 Å². The van der Waals surface area contributed by atoms with Gasteiger partial charge < -0.3 is 10.5 Å². The van der Waals surface area contributed by atoms with E-state index < -0.39 is 17.5 Å². The highest BCUT2D eigenvalue weighted by molar-refractivity contribution is 5.75. The van der Waals surface area contributed by atoms with E-state index in [4.69, 9.17) is 5.73 Å². The molecule has 12 heavy (non-hydrogen) atoms. The van der Waals surface area contributed by atoms with E-state index in [1.807, 2.05) is 0 Å². The molecule has 0 rings (SSSR count). The molecule has 0 saturated carbocycles. The number of primary amides is 1. The van der Waals surface area contributed by atoms with Crippen molar-refractivity contribution >= 4 is 12.1 Å². The van der Waals surface area contributed by atoms with Crippen LogP contribution < -0.4 is 28.7 Å². The first-order chi connectivity index (χ1) is 5.40. The van der Waals surface area contributed by atoms with Crippen molar-refractivity contribution in [3.63, 3.8) is 0 Å². The molecule has 0 aromatic rings. The number of halogens is 1. The monoisotopic (exact) mass is 288 g/mol. The first kappa shape index (κ1) is 11.5. The average Bonchev–Trinajstić information content (AvgIpc) is 1.99. The SMILES string of the molecule is CC(C)(COC(N)=O)C(=O)O[IH+]. The van der Waals surface area contributed by atoms with Crippen molar-refractivity contribution in [2.45, 2.75) is 13.8 Å². The van der Waals surface area contributed by atoms with E-state index in [1.165, 1.54) is 23.0 Å². The summed E-state index contributed by atoms with van der Waals surface area (Å²) in [4.78, 5) is 21.2. The summed E-state index contributed by atoms with van der Waals surface area (Å²) in [6.07, 6.45) is -0.896. The fourth-order valence-electron chi connectivity index (χ4n) is 0.423. The highest BCUT2D eigenvalue weighted by Gasteiger charge is 2.33. The molecule has 0 aromatic carbocycles. The zero-order valence-corrected chi connectivity index (χ0v) is 9.16. The molecule has 0 heterocycles. The van der Waals surface area contributed by atoms with Gasteiger partial charge in [0.15, 0.2) is 0 Å². The van der Waals surface area contributed by atoms with E-state index in [0.29, 0.717) is 0 Å². The van der Waals surface area contributed by atoms with E-state index in [0.717, 1.165) is 0 Å². The van der Waals surface area contributed by atoms with Crippen LogP contribution in [0.3, 0.4) is 0 Å². The minimum absolute atomic E-state index is 0.0728. The van der Waals surface area contributed by atoms with Crippen LogP contribution in [0.25, 0.3) is 0 Å². The molecule has 0 unspecified atom stereocenters. The van der Waals surface area contributed by atoms with Gasteiger partial charge in [0, 0.05) is 0 Å². The fraction of sp³-hybridized carbons (Fsp3) is 0.667. The Kier molecular flexibility index (Phi) is 4.29. The third kappa shape index (κ3) is 3.74. The van der Waals surface area contributed by atoms with E-state index in [9.17, 15) is 9.59 Å². The molecule has 0 saturated heterocycles. The lowest BCUT2D eigenvalue weighted by atomic mass is 9.95. The van der Waals surface area contributed by atoms with Crippen LogP contribution in [0.1, 0.15) is 13.8 Å². The van der Waals surface area contributed by atoms with Crippen LogP contribution in [-0.2, 0) is 12.6 Å². The Hall–Kier alpha value is -0.530. The minimum Gasteiger partial charge on any atom is -0.449 e. The fourth-order valence-corrected chi connectivity index (χ4v) is 1.07. The Bertz CT molecular complexity index is 192. The predicted molar refractivity (Wildman–Crippen MR) is 36.8 cm³/mol. The van der Waals surface area contributed by atoms with Gasteiger partial charge in [0.2, 0.25) is 0 Å². The number of amides is 1. The van der Waals surface area contributed by atoms with Gasteiger partial charge in [-0.2, -0.15) is 0 Å². The van der Waals surface area contributed by atoms with E-state index in [1.54, 1.807) is 13.8 Å². The van der Waals surface area contributed by atoms with Crippen LogP contribution in [0, 0.1) is 5.41 Å². The number of carbonyl (C=O) groups excluding carboxylic acids is 2. The van der Waals surface area contributed by atoms with E-state index >= 15 is 0 Å². The summed E-state index contributed by atoms with van der Waals surface area (Å²) in [6, 6.07) is 0. The molecule has 70 valence electrons. The van der Waals surface area contributed by atoms with Crippen LogP contribution >= 0.6 is 0 Å². The van der Waals surface area contributed by atoms with Crippen molar-refractivity contribution in [2.75, 3.05) is 6.61 Å². The van der Waals surface area contributed by atoms with Gasteiger partial charge in [-0.3, -0.25) is 0 Å². The molecule has 0 bridgehead atoms. The number of hydrogen-bond acceptors (Lipinski definition) is 4. The zero-order valence-electron chi connectivity index (χ0n) is 6.83. The quantitative estimate of drug-likeness (QED) is 0.556. The number of hydrogen-bond donors (Lipinski definition) is 1. The van der Waals surface area contributed by atoms with Crippen molar-refractivity contribution in [2.24, 2.45) is 11.1 Å². The summed E-state index contributed by atoms with van der Waals surface area (Å²) in [7, 11) is 0. The maximum absolute atomic E-state index is 11.0. The molecule has 0 radical (unpaired) electrons. The Morgan fingerprint density at radius 2 is 2.00 bits per heavy atom. The van der Waals surface area contributed by atoms with E-state index in [-0.39, 0.29) is 6.61 Å². The van der Waals surface area contributed by atoms with Gasteiger partial charge in [-0.1, -0.05) is 0 Å². The highest BCUT2D eigenvalue weighted by Crippen LogP contribution is 2.15. The highest BCUT2D eigenvalue weighted by atomic mass is 127. The third-order valence-corrected chi connectivity index (χ3v) is 1.64. The molecule has 0 fully saturated rings. The second-order valence-corrected chi connectivity index (χ2v) is 3.34. The summed E-state index contributed by atoms with van der Waals surface area (Å²) in [5.74, 6) is -0.437. The molecule has 0 aliphatic rings. The molecule has 0 aliphatic heterocycles. The number of rotatable bonds is 3. The van der Waals surface area contributed by atoms with Gasteiger partial charge in [0.05, 0.1) is 0 Å². The summed E-state index contributed by atoms with van der Waals surface area (Å²) >= 11 is 1.20. The summed E-state index contributed by atoms with van der Waals surface area (Å²) < 4.78 is 8.95. The Morgan fingerprint density at radius 1 is 1.50 bits per heavy atom. The molecule has 2 N–H and O–H groups in total. The van der Waals surface area contributed by atoms with E-state index in [2.05, 4.69) is 7.80 Å². The largest absolute Gasteiger partial charge is 0.519 e. The smallest absolute Gasteiger partial charge is 0.449 e. The lowest BCUT2D eigenvalue weighted by molar-refractivity contribution is -0.659. The van der Waals surface area contributed by atoms with Gasteiger partial charge in [-0.05, 0) is 13.8 Å². The standard InChI is InChI=1S/C6H10INO4/c1-6(2,4(9)12-7)3-11-5(8)10/h7H,3H2,1-2H3,(H-,8,10)/p+1. The molecule has 0 atom stereocenters. The average molecular weight is 288 g/mol. The molecule has 0 aromatic heterocycles. The first-order valence-corrected chi connectivity index (χ1v) is 4.12. The third-order valence-electron chi connectivity index (χ3n) is 1.20. The molecule has 5 nitrogen and oxygen atoms in total. The van der Waals surface area contributed by atoms with Gasteiger partial charge in [0.25, 0.3) is 0 Å². The summed E-state index contributed by atoms with van der Waals surface area (Å²) in [6.45, 7) is 3.13. The van der Waals surface area contributed by atoms with Crippen LogP contribution in [0.2, 0.25) is 0 Å². The van der Waals surface area contributed by atoms with Gasteiger partial charge >= 0.3 is 35.1 Å². The topological polar surface area (TPSA) is 78.6 Å². The zero-order chi connectivity index (χ0) is 9.78. The second kappa shape index (κ2) is 4.48. The minimum atomic E-state index is -0.896. The van der Waals surface area contributed by atoms with Gasteiger partial charge in [-0.15, -0.1) is 0 Å². The van der Waals surface area contributed by atoms with Gasteiger partial charge in [-0.25, -0.2) is 12.7 Å². The van der Waals surface area contributed by atoms with Crippen molar-refractivity contribution in [1.29, 1.82) is 0 Å². The Morgan fingerprint density at radius 3 is 2.33 bits per heavy atom. The lowest BCUT2D eigenvalue weighted by Gasteiger charge is -2.16. The van der Waals surface area contributed by atoms with Gasteiger partial charge in [0.1, 0.15) is 12.0 Å². The normalized spacial score (nSPS) is 10.6. The molecule has 1 amide bonds. The van der Waals surface area contributed by atoms with Crippen molar-refractivity contribution < 1.29 is 40.4 Å². The predicted octanol–water partition coefficient (Wildman–Crippen LogP) is -3.15. The molecule has 0 aliphatic carbocycles. The van der Waals surface area contributed by atoms with Crippen LogP contribution in [0.15, 0.2) is 0 Å². The Balaban J connectivity index is 4.03. The number of nitrogens with two attached hydrogens (primary N) is 1. The van der Waals surface area contributed by atoms with Crippen molar-refractivity contribution in [3.05, 3.63) is 0 Å². The number of carbonyl (C=O) groups is 2.